The number of hydrogen-bond acceptors (Lipinski definition) is 4. The number of terminal acetylenes is 3. The molecular formula is C48H70N2O4. The first-order valence-corrected chi connectivity index (χ1v) is 19.7. The van der Waals surface area contributed by atoms with Crippen molar-refractivity contribution in [3.8, 4) is 38.5 Å². The Kier molecular flexibility index (Phi) is 16.5. The van der Waals surface area contributed by atoms with Gasteiger partial charge in [-0.15, -0.1) is 45.1 Å². The Hall–Kier alpha value is -3.76. The monoisotopic (exact) mass is 739 g/mol. The molecule has 4 saturated carbocycles. The molecule has 0 bridgehead atoms. The highest BCUT2D eigenvalue weighted by atomic mass is 16.5. The Morgan fingerprint density at radius 1 is 0.889 bits per heavy atom. The minimum atomic E-state index is -0.868. The lowest BCUT2D eigenvalue weighted by Gasteiger charge is -2.72. The van der Waals surface area contributed by atoms with Crippen LogP contribution in [-0.4, -0.2) is 61.3 Å². The van der Waals surface area contributed by atoms with Crippen LogP contribution in [0.3, 0.4) is 0 Å². The quantitative estimate of drug-likeness (QED) is 0.205. The number of carbonyl (C=O) groups is 2. The molecule has 0 heterocycles. The Morgan fingerprint density at radius 3 is 2.07 bits per heavy atom. The summed E-state index contributed by atoms with van der Waals surface area (Å²) in [6, 6.07) is 7.56. The van der Waals surface area contributed by atoms with E-state index in [1.54, 1.807) is 25.3 Å². The summed E-state index contributed by atoms with van der Waals surface area (Å²) in [6.45, 7) is 20.0. The highest BCUT2D eigenvalue weighted by molar-refractivity contribution is 5.88. The molecule has 8 atom stereocenters. The molecule has 4 fully saturated rings. The number of likely N-dealkylation sites (N-methyl/N-ethyl adjacent to an activating group) is 1. The van der Waals surface area contributed by atoms with Gasteiger partial charge in [-0.05, 0) is 140 Å². The number of allylic oxidation sites excluding steroid dienone is 3. The number of rotatable bonds is 8. The number of nitrogens with one attached hydrogen (secondary N) is 1. The summed E-state index contributed by atoms with van der Waals surface area (Å²) in [7, 11) is 3.73. The van der Waals surface area contributed by atoms with Crippen LogP contribution < -0.4 is 5.32 Å². The largest absolute Gasteiger partial charge is 0.478 e. The van der Waals surface area contributed by atoms with Gasteiger partial charge in [0.25, 0.3) is 0 Å². The zero-order valence-electron chi connectivity index (χ0n) is 34.8. The predicted octanol–water partition coefficient (Wildman–Crippen LogP) is 9.62. The number of amides is 1. The van der Waals surface area contributed by atoms with Crippen molar-refractivity contribution >= 4 is 17.4 Å². The molecule has 6 rings (SSSR count). The first-order valence-electron chi connectivity index (χ1n) is 19.7. The molecule has 54 heavy (non-hydrogen) atoms. The summed E-state index contributed by atoms with van der Waals surface area (Å²) in [5.41, 5.74) is 3.70. The lowest BCUT2D eigenvalue weighted by atomic mass is 9.33. The van der Waals surface area contributed by atoms with Crippen molar-refractivity contribution < 1.29 is 19.4 Å². The maximum absolute atomic E-state index is 13.4. The van der Waals surface area contributed by atoms with E-state index in [4.69, 9.17) is 4.74 Å². The third kappa shape index (κ3) is 8.40. The van der Waals surface area contributed by atoms with Gasteiger partial charge in [0.05, 0.1) is 18.7 Å². The summed E-state index contributed by atoms with van der Waals surface area (Å²) in [5.74, 6) is 1.82. The number of nitrogens with zero attached hydrogens (tertiary/aromatic N) is 1. The number of hydrogen-bond donors (Lipinski definition) is 2. The highest BCUT2D eigenvalue weighted by Gasteiger charge is 2.69. The Labute approximate surface area is 329 Å². The molecule has 0 spiro atoms. The van der Waals surface area contributed by atoms with Crippen LogP contribution in [0.1, 0.15) is 122 Å². The Bertz CT molecular complexity index is 1500. The van der Waals surface area contributed by atoms with Crippen LogP contribution in [0.4, 0.5) is 0 Å². The SMILES string of the molecule is C#C.C#C.C#C.C=CC.COCCN(C)CC(=O)N[C@]12CCCC1[C@H]1CCC3[C@@]4(C)CC=C(c5ccc(C(=O)O)cc5)C(C)(C)C4CC[C@@]3(C)[C@]1(C)CC2. The van der Waals surface area contributed by atoms with Crippen LogP contribution in [0, 0.1) is 83.9 Å². The van der Waals surface area contributed by atoms with Gasteiger partial charge < -0.3 is 15.2 Å². The molecule has 1 aromatic carbocycles. The normalized spacial score (nSPS) is 33.7. The fourth-order valence-corrected chi connectivity index (χ4v) is 12.6. The van der Waals surface area contributed by atoms with Crippen molar-refractivity contribution in [1.82, 2.24) is 10.2 Å². The van der Waals surface area contributed by atoms with Gasteiger partial charge in [-0.25, -0.2) is 4.79 Å². The maximum Gasteiger partial charge on any atom is 0.335 e. The third-order valence-corrected chi connectivity index (χ3v) is 14.9. The van der Waals surface area contributed by atoms with Gasteiger partial charge in [-0.3, -0.25) is 9.69 Å². The number of ether oxygens (including phenoxy) is 1. The van der Waals surface area contributed by atoms with Crippen LogP contribution in [0.5, 0.6) is 0 Å². The molecular weight excluding hydrogens is 669 g/mol. The second-order valence-corrected chi connectivity index (χ2v) is 17.4. The Morgan fingerprint density at radius 2 is 1.50 bits per heavy atom. The van der Waals surface area contributed by atoms with Crippen LogP contribution in [0.15, 0.2) is 43.0 Å². The Balaban J connectivity index is 0.00000104. The van der Waals surface area contributed by atoms with Crippen molar-refractivity contribution in [2.75, 3.05) is 33.9 Å². The van der Waals surface area contributed by atoms with E-state index in [-0.39, 0.29) is 33.1 Å². The predicted molar refractivity (Wildman–Crippen MR) is 225 cm³/mol. The molecule has 6 heteroatoms. The number of carboxylic acids is 1. The molecule has 5 aliphatic rings. The molecule has 0 aromatic heterocycles. The number of benzene rings is 1. The fraction of sp³-hybridized carbons (Fsp3) is 0.625. The summed E-state index contributed by atoms with van der Waals surface area (Å²) < 4.78 is 5.23. The van der Waals surface area contributed by atoms with Crippen LogP contribution in [0.25, 0.3) is 5.57 Å². The lowest BCUT2D eigenvalue weighted by molar-refractivity contribution is -0.217. The molecule has 1 amide bonds. The van der Waals surface area contributed by atoms with Crippen LogP contribution in [-0.2, 0) is 9.53 Å². The lowest BCUT2D eigenvalue weighted by Crippen LogP contribution is -2.68. The van der Waals surface area contributed by atoms with E-state index in [0.29, 0.717) is 42.4 Å². The third-order valence-electron chi connectivity index (χ3n) is 14.9. The smallest absolute Gasteiger partial charge is 0.335 e. The molecule has 0 saturated heterocycles. The molecule has 3 unspecified atom stereocenters. The molecule has 5 aliphatic carbocycles. The van der Waals surface area contributed by atoms with Crippen molar-refractivity contribution in [2.24, 2.45) is 45.3 Å². The van der Waals surface area contributed by atoms with E-state index in [9.17, 15) is 14.7 Å². The molecule has 0 radical (unpaired) electrons. The van der Waals surface area contributed by atoms with E-state index in [1.807, 2.05) is 26.1 Å². The number of carbonyl (C=O) groups excluding carboxylic acids is 1. The number of carboxylic acid groups (broad SMARTS) is 1. The van der Waals surface area contributed by atoms with Gasteiger partial charge >= 0.3 is 5.97 Å². The molecule has 6 nitrogen and oxygen atoms in total. The topological polar surface area (TPSA) is 78.9 Å². The van der Waals surface area contributed by atoms with Gasteiger partial charge in [0.15, 0.2) is 0 Å². The zero-order valence-corrected chi connectivity index (χ0v) is 34.8. The van der Waals surface area contributed by atoms with Gasteiger partial charge in [-0.1, -0.05) is 65.3 Å². The standard InChI is InChI=1S/C39H58N2O4.C3H6.3C2H2/c1-35(2)28(26-10-12-27(13-11-26)34(43)44)16-19-36(3)31(35)17-20-38(5)32(36)15-14-29-30-9-8-18-39(30,22-21-37(29,38)4)40-33(42)25-41(6)23-24-45-7;1-3-2;3*1-2/h10-13,16,29-32H,8-9,14-15,17-25H2,1-7H3,(H,40,42)(H,43,44);3H,1H2,2H3;3*1-2H/t29-,30?,31?,32?,36+,37-,38-,39+;;;;/m1..../s1. The van der Waals surface area contributed by atoms with Crippen LogP contribution >= 0.6 is 0 Å². The highest BCUT2D eigenvalue weighted by Crippen LogP contribution is 2.76. The van der Waals surface area contributed by atoms with E-state index in [2.05, 4.69) is 96.0 Å². The number of fused-ring (bicyclic) bond motifs is 7. The van der Waals surface area contributed by atoms with E-state index in [0.717, 1.165) is 25.8 Å². The second kappa shape index (κ2) is 19.2. The summed E-state index contributed by atoms with van der Waals surface area (Å²) in [5, 5.41) is 13.1. The van der Waals surface area contributed by atoms with Crippen molar-refractivity contribution in [3.05, 3.63) is 54.1 Å². The van der Waals surface area contributed by atoms with Crippen molar-refractivity contribution in [1.29, 1.82) is 0 Å². The first-order chi connectivity index (χ1) is 25.6. The second-order valence-electron chi connectivity index (χ2n) is 17.4. The minimum Gasteiger partial charge on any atom is -0.478 e. The van der Waals surface area contributed by atoms with E-state index in [1.165, 1.54) is 56.1 Å². The minimum absolute atomic E-state index is 0.0185. The average molecular weight is 739 g/mol. The van der Waals surface area contributed by atoms with Gasteiger partial charge in [0, 0.05) is 19.2 Å². The summed E-state index contributed by atoms with van der Waals surface area (Å²) in [6.07, 6.45) is 40.4. The number of methoxy groups -OCH3 is 1. The maximum atomic E-state index is 13.4. The first kappa shape index (κ1) is 46.4. The van der Waals surface area contributed by atoms with Crippen molar-refractivity contribution in [2.45, 2.75) is 111 Å². The zero-order chi connectivity index (χ0) is 41.1. The molecule has 2 N–H and O–H groups in total. The van der Waals surface area contributed by atoms with Gasteiger partial charge in [0.1, 0.15) is 0 Å². The molecule has 1 aromatic rings. The summed E-state index contributed by atoms with van der Waals surface area (Å²) in [4.78, 5) is 26.9. The van der Waals surface area contributed by atoms with E-state index < -0.39 is 5.97 Å². The van der Waals surface area contributed by atoms with Gasteiger partial charge in [-0.2, -0.15) is 0 Å². The molecule has 296 valence electrons. The van der Waals surface area contributed by atoms with E-state index >= 15 is 0 Å². The average Bonchev–Trinajstić information content (AvgIpc) is 3.57. The number of aromatic carboxylic acids is 1. The van der Waals surface area contributed by atoms with Crippen LogP contribution in [0.2, 0.25) is 0 Å². The molecule has 0 aliphatic heterocycles. The fourth-order valence-electron chi connectivity index (χ4n) is 12.6. The van der Waals surface area contributed by atoms with Crippen molar-refractivity contribution in [3.63, 3.8) is 0 Å². The summed E-state index contributed by atoms with van der Waals surface area (Å²) >= 11 is 0. The van der Waals surface area contributed by atoms with Gasteiger partial charge in [0.2, 0.25) is 5.91 Å².